The fourth-order valence-corrected chi connectivity index (χ4v) is 8.29. The highest BCUT2D eigenvalue weighted by atomic mass is 16.6. The number of allylic oxidation sites excluding steroid dienone is 1. The molecule has 6 amide bonds. The molecule has 0 saturated heterocycles. The first kappa shape index (κ1) is 60.3. The summed E-state index contributed by atoms with van der Waals surface area (Å²) in [5.74, 6) is -6.24. The first-order chi connectivity index (χ1) is 33.0. The molecule has 0 fully saturated rings. The monoisotopic (exact) mass is 983 g/mol. The second kappa shape index (κ2) is 30.1. The highest BCUT2D eigenvalue weighted by Crippen LogP contribution is 2.28. The fraction of sp³-hybridized carbons (Fsp3) is 0.654. The molecule has 0 aromatic heterocycles. The molecule has 18 heteroatoms. The first-order valence-corrected chi connectivity index (χ1v) is 24.8. The van der Waals surface area contributed by atoms with Gasteiger partial charge in [0.05, 0.1) is 6.54 Å². The highest BCUT2D eigenvalue weighted by molar-refractivity contribution is 5.96. The Balaban J connectivity index is 2.77. The van der Waals surface area contributed by atoms with Gasteiger partial charge in [-0.3, -0.25) is 24.0 Å². The predicted molar refractivity (Wildman–Crippen MR) is 266 cm³/mol. The van der Waals surface area contributed by atoms with Crippen LogP contribution in [0.3, 0.4) is 0 Å². The van der Waals surface area contributed by atoms with E-state index in [4.69, 9.17) is 9.47 Å². The largest absolute Gasteiger partial charge is 0.465 e. The molecular weight excluding hydrogens is 901 g/mol. The molecule has 1 aliphatic heterocycles. The zero-order chi connectivity index (χ0) is 52.8. The van der Waals surface area contributed by atoms with E-state index in [1.54, 1.807) is 58.0 Å². The number of esters is 2. The average Bonchev–Trinajstić information content (AvgIpc) is 3.32. The summed E-state index contributed by atoms with van der Waals surface area (Å²) in [6.07, 6.45) is 3.69. The molecule has 0 saturated carbocycles. The third-order valence-corrected chi connectivity index (χ3v) is 13.0. The van der Waals surface area contributed by atoms with Gasteiger partial charge in [-0.05, 0) is 83.3 Å². The Morgan fingerprint density at radius 1 is 0.871 bits per heavy atom. The van der Waals surface area contributed by atoms with Crippen LogP contribution in [0.5, 0.6) is 0 Å². The molecule has 70 heavy (non-hydrogen) atoms. The molecule has 0 aliphatic carbocycles. The number of cyclic esters (lactones) is 2. The van der Waals surface area contributed by atoms with Crippen LogP contribution in [0.15, 0.2) is 53.6 Å². The van der Waals surface area contributed by atoms with Gasteiger partial charge in [0.15, 0.2) is 6.10 Å². The van der Waals surface area contributed by atoms with Crippen LogP contribution in [0, 0.1) is 17.8 Å². The van der Waals surface area contributed by atoms with E-state index in [2.05, 4.69) is 16.0 Å². The lowest BCUT2D eigenvalue weighted by atomic mass is 9.87. The minimum absolute atomic E-state index is 0.0243. The number of hydrogen-bond acceptors (Lipinski definition) is 11. The van der Waals surface area contributed by atoms with Crippen molar-refractivity contribution in [2.45, 2.75) is 169 Å². The van der Waals surface area contributed by atoms with Crippen molar-refractivity contribution in [2.24, 2.45) is 17.8 Å². The summed E-state index contributed by atoms with van der Waals surface area (Å²) in [5, 5.41) is 28.0. The first-order valence-electron chi connectivity index (χ1n) is 24.8. The van der Waals surface area contributed by atoms with Crippen molar-refractivity contribution in [1.29, 1.82) is 0 Å². The Morgan fingerprint density at radius 3 is 2.07 bits per heavy atom. The minimum atomic E-state index is -1.33. The zero-order valence-electron chi connectivity index (χ0n) is 43.6. The van der Waals surface area contributed by atoms with Crippen molar-refractivity contribution in [2.75, 3.05) is 33.8 Å². The van der Waals surface area contributed by atoms with E-state index in [1.165, 1.54) is 50.7 Å². The number of amides is 6. The number of likely N-dealkylation sites (N-methyl/N-ethyl adjacent to an activating group) is 2. The number of carboxylic acid groups (broad SMARTS) is 1. The molecule has 0 bridgehead atoms. The van der Waals surface area contributed by atoms with Gasteiger partial charge in [-0.1, -0.05) is 103 Å². The number of carbonyl (C=O) groups excluding carboxylic acids is 7. The van der Waals surface area contributed by atoms with Gasteiger partial charge in [0.25, 0.3) is 5.91 Å². The quantitative estimate of drug-likeness (QED) is 0.0870. The highest BCUT2D eigenvalue weighted by Gasteiger charge is 2.39. The number of nitrogens with zero attached hydrogens (tertiary/aromatic N) is 3. The summed E-state index contributed by atoms with van der Waals surface area (Å²) < 4.78 is 12.0. The van der Waals surface area contributed by atoms with E-state index in [0.717, 1.165) is 23.3 Å². The van der Waals surface area contributed by atoms with Gasteiger partial charge in [0.2, 0.25) is 23.6 Å². The Bertz CT molecular complexity index is 1970. The summed E-state index contributed by atoms with van der Waals surface area (Å²) in [6.45, 7) is 16.6. The number of hydrogen-bond donors (Lipinski definition) is 5. The molecule has 9 atom stereocenters. The molecule has 0 radical (unpaired) electrons. The van der Waals surface area contributed by atoms with E-state index < -0.39 is 108 Å². The second-order valence-corrected chi connectivity index (χ2v) is 19.2. The molecule has 1 aromatic rings. The number of unbranched alkanes of at least 4 members (excludes halogenated alkanes) is 4. The van der Waals surface area contributed by atoms with Crippen LogP contribution in [0.4, 0.5) is 4.79 Å². The van der Waals surface area contributed by atoms with Crippen LogP contribution in [0.1, 0.15) is 126 Å². The lowest BCUT2D eigenvalue weighted by molar-refractivity contribution is -0.154. The van der Waals surface area contributed by atoms with Crippen molar-refractivity contribution < 1.29 is 58.0 Å². The molecule has 1 aromatic carbocycles. The van der Waals surface area contributed by atoms with Crippen LogP contribution >= 0.6 is 0 Å². The number of ether oxygens (including phenoxy) is 2. The Hall–Kier alpha value is -5.78. The molecule has 1 heterocycles. The summed E-state index contributed by atoms with van der Waals surface area (Å²) in [6, 6.07) is 3.41. The number of nitrogens with one attached hydrogen (secondary N) is 3. The Morgan fingerprint density at radius 2 is 1.49 bits per heavy atom. The van der Waals surface area contributed by atoms with Gasteiger partial charge >= 0.3 is 18.0 Å². The summed E-state index contributed by atoms with van der Waals surface area (Å²) in [5.41, 5.74) is 1.40. The van der Waals surface area contributed by atoms with Crippen LogP contribution in [0.25, 0.3) is 0 Å². The summed E-state index contributed by atoms with van der Waals surface area (Å²) >= 11 is 0. The maximum Gasteiger partial charge on any atom is 0.407 e. The van der Waals surface area contributed by atoms with E-state index in [-0.39, 0.29) is 43.9 Å². The molecule has 18 nitrogen and oxygen atoms in total. The van der Waals surface area contributed by atoms with E-state index in [1.807, 2.05) is 26.8 Å². The predicted octanol–water partition coefficient (Wildman–Crippen LogP) is 5.17. The number of rotatable bonds is 15. The smallest absolute Gasteiger partial charge is 0.407 e. The van der Waals surface area contributed by atoms with Gasteiger partial charge in [-0.25, -0.2) is 14.4 Å². The van der Waals surface area contributed by atoms with Gasteiger partial charge in [0.1, 0.15) is 30.3 Å². The molecular formula is C52H82N6O12. The van der Waals surface area contributed by atoms with Gasteiger partial charge < -0.3 is 50.3 Å². The zero-order valence-corrected chi connectivity index (χ0v) is 43.6. The van der Waals surface area contributed by atoms with Gasteiger partial charge in [-0.15, -0.1) is 0 Å². The second-order valence-electron chi connectivity index (χ2n) is 19.2. The number of benzene rings is 1. The van der Waals surface area contributed by atoms with Crippen molar-refractivity contribution in [3.8, 4) is 0 Å². The standard InChI is InChI=1S/C52H82N6O12/c1-13-33(5)44-47(62)54-38(10)51(66)70-45(34(6)14-2)36(8)40(58(52(67)68)27-21-16-15-17-22-28-59)26-25-35(7)50(65)69-42(29-32(3)4)46(61)53-37(9)48(63)57(12)41(30-39-23-19-18-20-24-39)49(64)56(11)31-43(60)55-44/h14,18-20,23-25,32-33,36-38,40-42,44-45,59H,13,15-17,21-22,26-31H2,1-12H3,(H,53,61)(H,54,62)(H,55,60)(H,67,68)/b34-14+,35-25+/t33-,36+,37+,38-,40+,41-,42-,44+,45-/m1/s1. The lowest BCUT2D eigenvalue weighted by Crippen LogP contribution is -2.57. The van der Waals surface area contributed by atoms with Crippen molar-refractivity contribution in [1.82, 2.24) is 30.7 Å². The Kier molecular flexibility index (Phi) is 25.9. The van der Waals surface area contributed by atoms with Crippen LogP contribution < -0.4 is 16.0 Å². The topological polar surface area (TPSA) is 241 Å². The number of carbonyl (C=O) groups is 8. The van der Waals surface area contributed by atoms with E-state index in [0.29, 0.717) is 31.3 Å². The van der Waals surface area contributed by atoms with Crippen LogP contribution in [-0.2, 0) is 49.5 Å². The van der Waals surface area contributed by atoms with Crippen molar-refractivity contribution in [3.63, 3.8) is 0 Å². The normalized spacial score (nSPS) is 26.1. The van der Waals surface area contributed by atoms with Crippen LogP contribution in [-0.4, -0.2) is 149 Å². The SMILES string of the molecule is C/C=C(\C)[C@H]1OC(=O)[C@@H](C)NC(=O)[C@H]([C@H](C)CC)NC(=O)CN(C)C(=O)[C@@H](Cc2ccccc2)N(C)C(=O)[C@H](C)NC(=O)[C@@H](CC(C)C)OC(=O)/C(C)=C/C[C@H](N(CCCCCCCO)C(=O)O)[C@@H]1C. The molecule has 0 unspecified atom stereocenters. The fourth-order valence-electron chi connectivity index (χ4n) is 8.29. The van der Waals surface area contributed by atoms with Gasteiger partial charge in [-0.2, -0.15) is 0 Å². The molecule has 392 valence electrons. The molecule has 5 N–H and O–H groups in total. The summed E-state index contributed by atoms with van der Waals surface area (Å²) in [4.78, 5) is 115. The average molecular weight is 983 g/mol. The van der Waals surface area contributed by atoms with E-state index >= 15 is 0 Å². The maximum absolute atomic E-state index is 14.3. The van der Waals surface area contributed by atoms with Crippen molar-refractivity contribution >= 4 is 47.6 Å². The number of aliphatic hydroxyl groups is 1. The third kappa shape index (κ3) is 18.9. The van der Waals surface area contributed by atoms with E-state index in [9.17, 15) is 48.6 Å². The maximum atomic E-state index is 14.3. The lowest BCUT2D eigenvalue weighted by Gasteiger charge is -2.38. The molecule has 0 spiro atoms. The molecule has 1 aliphatic rings. The molecule has 2 rings (SSSR count). The van der Waals surface area contributed by atoms with Gasteiger partial charge in [0, 0.05) is 51.2 Å². The Labute approximate surface area is 415 Å². The van der Waals surface area contributed by atoms with Crippen LogP contribution in [0.2, 0.25) is 0 Å². The minimum Gasteiger partial charge on any atom is -0.465 e. The third-order valence-electron chi connectivity index (χ3n) is 13.0. The number of aliphatic hydroxyl groups excluding tert-OH is 1. The van der Waals surface area contributed by atoms with Crippen molar-refractivity contribution in [3.05, 3.63) is 59.2 Å². The summed E-state index contributed by atoms with van der Waals surface area (Å²) in [7, 11) is 2.83.